The van der Waals surface area contributed by atoms with Crippen molar-refractivity contribution in [3.63, 3.8) is 0 Å². The van der Waals surface area contributed by atoms with Gasteiger partial charge in [-0.25, -0.2) is 4.68 Å². The van der Waals surface area contributed by atoms with Crippen LogP contribution in [-0.4, -0.2) is 15.0 Å². The van der Waals surface area contributed by atoms with Gasteiger partial charge in [-0.15, -0.1) is 5.10 Å². The van der Waals surface area contributed by atoms with Crippen LogP contribution in [0.5, 0.6) is 0 Å². The van der Waals surface area contributed by atoms with Gasteiger partial charge in [0.15, 0.2) is 0 Å². The van der Waals surface area contributed by atoms with Crippen molar-refractivity contribution in [3.05, 3.63) is 11.4 Å². The largest absolute Gasteiger partial charge is 0.325 e. The van der Waals surface area contributed by atoms with E-state index in [4.69, 9.17) is 5.73 Å². The third-order valence-electron chi connectivity index (χ3n) is 3.84. The molecule has 0 amide bonds. The van der Waals surface area contributed by atoms with Crippen molar-refractivity contribution in [2.24, 2.45) is 11.7 Å². The van der Waals surface area contributed by atoms with Gasteiger partial charge in [0.25, 0.3) is 0 Å². The Balaban J connectivity index is 2.33. The quantitative estimate of drug-likeness (QED) is 0.849. The lowest BCUT2D eigenvalue weighted by atomic mass is 9.81. The Bertz CT molecular complexity index is 352. The molecule has 0 radical (unpaired) electrons. The van der Waals surface area contributed by atoms with Crippen molar-refractivity contribution in [3.8, 4) is 0 Å². The van der Waals surface area contributed by atoms with Crippen molar-refractivity contribution in [1.29, 1.82) is 0 Å². The molecule has 2 N–H and O–H groups in total. The minimum atomic E-state index is 0.406. The van der Waals surface area contributed by atoms with E-state index in [9.17, 15) is 0 Å². The number of rotatable bonds is 4. The maximum atomic E-state index is 5.74. The number of hydrogen-bond donors (Lipinski definition) is 1. The van der Waals surface area contributed by atoms with Crippen LogP contribution in [0.2, 0.25) is 0 Å². The number of hydrogen-bond acceptors (Lipinski definition) is 3. The van der Waals surface area contributed by atoms with Crippen molar-refractivity contribution in [2.75, 3.05) is 0 Å². The molecule has 1 aliphatic carbocycles. The molecule has 2 rings (SSSR count). The summed E-state index contributed by atoms with van der Waals surface area (Å²) in [6, 6.07) is 0.406. The second kappa shape index (κ2) is 4.53. The van der Waals surface area contributed by atoms with Crippen molar-refractivity contribution in [1.82, 2.24) is 15.0 Å². The zero-order valence-electron chi connectivity index (χ0n) is 10.5. The first-order valence-corrected chi connectivity index (χ1v) is 6.29. The zero-order valence-corrected chi connectivity index (χ0v) is 10.5. The van der Waals surface area contributed by atoms with Gasteiger partial charge >= 0.3 is 0 Å². The molecular formula is C12H22N4. The summed E-state index contributed by atoms with van der Waals surface area (Å²) in [5.74, 6) is 1.22. The van der Waals surface area contributed by atoms with Crippen LogP contribution >= 0.6 is 0 Å². The average Bonchev–Trinajstić information content (AvgIpc) is 2.57. The van der Waals surface area contributed by atoms with Gasteiger partial charge in [0.1, 0.15) is 0 Å². The summed E-state index contributed by atoms with van der Waals surface area (Å²) in [5, 5.41) is 8.53. The van der Waals surface area contributed by atoms with E-state index in [1.54, 1.807) is 0 Å². The van der Waals surface area contributed by atoms with E-state index < -0.39 is 0 Å². The molecule has 1 aliphatic rings. The van der Waals surface area contributed by atoms with Crippen LogP contribution in [0.25, 0.3) is 0 Å². The van der Waals surface area contributed by atoms with Gasteiger partial charge in [0.2, 0.25) is 0 Å². The van der Waals surface area contributed by atoms with Gasteiger partial charge < -0.3 is 5.73 Å². The monoisotopic (exact) mass is 222 g/mol. The lowest BCUT2D eigenvalue weighted by Crippen LogP contribution is -2.22. The van der Waals surface area contributed by atoms with Crippen molar-refractivity contribution in [2.45, 2.75) is 58.5 Å². The van der Waals surface area contributed by atoms with Gasteiger partial charge in [-0.3, -0.25) is 0 Å². The number of nitrogens with two attached hydrogens (primary N) is 1. The third kappa shape index (κ3) is 1.86. The van der Waals surface area contributed by atoms with Gasteiger partial charge in [-0.05, 0) is 25.7 Å². The molecule has 4 nitrogen and oxygen atoms in total. The summed E-state index contributed by atoms with van der Waals surface area (Å²) in [6.07, 6.45) is 3.87. The van der Waals surface area contributed by atoms with Gasteiger partial charge in [-0.2, -0.15) is 0 Å². The van der Waals surface area contributed by atoms with Crippen LogP contribution < -0.4 is 5.73 Å². The second-order valence-electron chi connectivity index (χ2n) is 5.18. The van der Waals surface area contributed by atoms with Crippen LogP contribution in [-0.2, 0) is 6.54 Å². The molecule has 1 fully saturated rings. The highest BCUT2D eigenvalue weighted by molar-refractivity contribution is 5.18. The molecule has 1 heterocycles. The van der Waals surface area contributed by atoms with E-state index in [1.165, 1.54) is 25.0 Å². The second-order valence-corrected chi connectivity index (χ2v) is 5.18. The molecule has 16 heavy (non-hydrogen) atoms. The summed E-state index contributed by atoms with van der Waals surface area (Å²) < 4.78 is 2.11. The Kier molecular flexibility index (Phi) is 3.28. The third-order valence-corrected chi connectivity index (χ3v) is 3.84. The van der Waals surface area contributed by atoms with Crippen LogP contribution in [0.15, 0.2) is 0 Å². The van der Waals surface area contributed by atoms with Gasteiger partial charge in [-0.1, -0.05) is 25.5 Å². The highest BCUT2D eigenvalue weighted by Gasteiger charge is 2.29. The lowest BCUT2D eigenvalue weighted by molar-refractivity contribution is 0.322. The van der Waals surface area contributed by atoms with Crippen LogP contribution in [0.1, 0.15) is 63.4 Å². The van der Waals surface area contributed by atoms with E-state index in [0.717, 1.165) is 5.69 Å². The molecular weight excluding hydrogens is 200 g/mol. The predicted molar refractivity (Wildman–Crippen MR) is 64.1 cm³/mol. The van der Waals surface area contributed by atoms with E-state index in [1.807, 2.05) is 0 Å². The molecule has 1 aromatic rings. The molecule has 4 heteroatoms. The Labute approximate surface area is 97.2 Å². The van der Waals surface area contributed by atoms with Crippen molar-refractivity contribution >= 4 is 0 Å². The number of nitrogens with zero attached hydrogens (tertiary/aromatic N) is 3. The van der Waals surface area contributed by atoms with Gasteiger partial charge in [0.05, 0.1) is 17.4 Å². The Morgan fingerprint density at radius 2 is 2.06 bits per heavy atom. The van der Waals surface area contributed by atoms with Crippen LogP contribution in [0.4, 0.5) is 0 Å². The molecule has 1 aromatic heterocycles. The molecule has 0 aromatic carbocycles. The van der Waals surface area contributed by atoms with E-state index in [2.05, 4.69) is 35.8 Å². The van der Waals surface area contributed by atoms with Gasteiger partial charge in [0, 0.05) is 12.5 Å². The Hall–Kier alpha value is -0.900. The maximum Gasteiger partial charge on any atom is 0.0997 e. The molecule has 0 saturated heterocycles. The predicted octanol–water partition coefficient (Wildman–Crippen LogP) is 2.22. The SMILES string of the molecule is CC(C)C(C)n1nnc(CN)c1C1CCC1. The van der Waals surface area contributed by atoms with Crippen LogP contribution in [0.3, 0.4) is 0 Å². The summed E-state index contributed by atoms with van der Waals surface area (Å²) >= 11 is 0. The average molecular weight is 222 g/mol. The fraction of sp³-hybridized carbons (Fsp3) is 0.833. The lowest BCUT2D eigenvalue weighted by Gasteiger charge is -2.29. The molecule has 1 unspecified atom stereocenters. The highest BCUT2D eigenvalue weighted by atomic mass is 15.4. The minimum Gasteiger partial charge on any atom is -0.325 e. The fourth-order valence-electron chi connectivity index (χ4n) is 2.17. The molecule has 0 aliphatic heterocycles. The minimum absolute atomic E-state index is 0.406. The fourth-order valence-corrected chi connectivity index (χ4v) is 2.17. The first-order valence-electron chi connectivity index (χ1n) is 6.29. The molecule has 1 atom stereocenters. The smallest absolute Gasteiger partial charge is 0.0997 e. The molecule has 0 spiro atoms. The number of aromatic nitrogens is 3. The maximum absolute atomic E-state index is 5.74. The Morgan fingerprint density at radius 1 is 1.38 bits per heavy atom. The zero-order chi connectivity index (χ0) is 11.7. The molecule has 90 valence electrons. The van der Waals surface area contributed by atoms with E-state index in [-0.39, 0.29) is 0 Å². The summed E-state index contributed by atoms with van der Waals surface area (Å²) in [5.41, 5.74) is 8.04. The van der Waals surface area contributed by atoms with Crippen molar-refractivity contribution < 1.29 is 0 Å². The van der Waals surface area contributed by atoms with Crippen LogP contribution in [0, 0.1) is 5.92 Å². The summed E-state index contributed by atoms with van der Waals surface area (Å²) in [6.45, 7) is 7.16. The molecule has 0 bridgehead atoms. The standard InChI is InChI=1S/C12H22N4/c1-8(2)9(3)16-12(10-5-4-6-10)11(7-13)14-15-16/h8-10H,4-7,13H2,1-3H3. The summed E-state index contributed by atoms with van der Waals surface area (Å²) in [7, 11) is 0. The summed E-state index contributed by atoms with van der Waals surface area (Å²) in [4.78, 5) is 0. The van der Waals surface area contributed by atoms with E-state index in [0.29, 0.717) is 24.4 Å². The Morgan fingerprint density at radius 3 is 2.50 bits per heavy atom. The topological polar surface area (TPSA) is 56.7 Å². The normalized spacial score (nSPS) is 18.8. The highest BCUT2D eigenvalue weighted by Crippen LogP contribution is 2.38. The first-order chi connectivity index (χ1) is 7.65. The first kappa shape index (κ1) is 11.6. The molecule has 1 saturated carbocycles. The van der Waals surface area contributed by atoms with E-state index >= 15 is 0 Å².